The van der Waals surface area contributed by atoms with E-state index in [0.717, 1.165) is 16.2 Å². The summed E-state index contributed by atoms with van der Waals surface area (Å²) < 4.78 is 54.1. The smallest absolute Gasteiger partial charge is 0.397 e. The van der Waals surface area contributed by atoms with Crippen molar-refractivity contribution >= 4 is 17.9 Å². The number of carbonyl (C=O) groups is 1. The number of rotatable bonds is 9. The predicted octanol–water partition coefficient (Wildman–Crippen LogP) is 5.31. The summed E-state index contributed by atoms with van der Waals surface area (Å²) in [7, 11) is 1.60. The zero-order chi connectivity index (χ0) is 25.2. The first kappa shape index (κ1) is 24.9. The Hall–Kier alpha value is -3.21. The molecule has 0 unspecified atom stereocenters. The molecule has 35 heavy (non-hydrogen) atoms. The van der Waals surface area contributed by atoms with E-state index in [1.54, 1.807) is 25.4 Å². The van der Waals surface area contributed by atoms with Crippen LogP contribution < -0.4 is 14.2 Å². The minimum atomic E-state index is -4.28. The first-order valence-electron chi connectivity index (χ1n) is 11.0. The molecule has 0 atom stereocenters. The molecule has 0 bridgehead atoms. The molecular formula is C24H25F3N4O3S. The standard InChI is InChI=1S/C24H25F3N4O3S/c1-4-18-17(22(32)30-35-19-7-5-16(33-3)13-15(19)2)6-8-20(28-18)31-12-9-21(29-31)34-14-23(10-11-23)24(25,26)27/h5-9,12-13H,4,10-11,14H2,1-3H3,(H,30,32). The number of ether oxygens (including phenoxy) is 2. The van der Waals surface area contributed by atoms with E-state index >= 15 is 0 Å². The molecule has 0 spiro atoms. The summed E-state index contributed by atoms with van der Waals surface area (Å²) in [6, 6.07) is 10.4. The van der Waals surface area contributed by atoms with E-state index < -0.39 is 18.2 Å². The van der Waals surface area contributed by atoms with Crippen LogP contribution in [0.2, 0.25) is 0 Å². The third-order valence-corrected chi connectivity index (χ3v) is 6.89. The van der Waals surface area contributed by atoms with Gasteiger partial charge in [0.15, 0.2) is 5.82 Å². The van der Waals surface area contributed by atoms with Crippen LogP contribution in [-0.4, -0.2) is 40.6 Å². The van der Waals surface area contributed by atoms with Gasteiger partial charge in [-0.1, -0.05) is 6.92 Å². The number of nitrogens with one attached hydrogen (secondary N) is 1. The highest BCUT2D eigenvalue weighted by molar-refractivity contribution is 7.98. The monoisotopic (exact) mass is 506 g/mol. The lowest BCUT2D eigenvalue weighted by Gasteiger charge is -2.18. The lowest BCUT2D eigenvalue weighted by atomic mass is 10.1. The summed E-state index contributed by atoms with van der Waals surface area (Å²) in [5.74, 6) is 0.982. The van der Waals surface area contributed by atoms with Gasteiger partial charge in [0, 0.05) is 17.2 Å². The van der Waals surface area contributed by atoms with E-state index in [9.17, 15) is 18.0 Å². The molecule has 186 valence electrons. The van der Waals surface area contributed by atoms with Crippen LogP contribution in [-0.2, 0) is 6.42 Å². The van der Waals surface area contributed by atoms with Crippen molar-refractivity contribution in [3.63, 3.8) is 0 Å². The molecule has 4 rings (SSSR count). The van der Waals surface area contributed by atoms with Crippen LogP contribution in [0.15, 0.2) is 47.5 Å². The normalized spacial score (nSPS) is 14.5. The number of carbonyl (C=O) groups excluding carboxylic acids is 1. The molecule has 11 heteroatoms. The number of hydrogen-bond acceptors (Lipinski definition) is 6. The van der Waals surface area contributed by atoms with Crippen LogP contribution in [0.4, 0.5) is 13.2 Å². The number of methoxy groups -OCH3 is 1. The third-order valence-electron chi connectivity index (χ3n) is 5.93. The van der Waals surface area contributed by atoms with Crippen LogP contribution in [0.1, 0.15) is 41.4 Å². The maximum absolute atomic E-state index is 13.1. The van der Waals surface area contributed by atoms with Gasteiger partial charge in [0.05, 0.1) is 18.4 Å². The number of nitrogens with zero attached hydrogens (tertiary/aromatic N) is 3. The molecule has 1 aliphatic carbocycles. The molecule has 0 saturated heterocycles. The lowest BCUT2D eigenvalue weighted by Crippen LogP contribution is -2.30. The van der Waals surface area contributed by atoms with Gasteiger partial charge in [0.2, 0.25) is 5.88 Å². The van der Waals surface area contributed by atoms with Crippen molar-refractivity contribution in [3.8, 4) is 17.4 Å². The fraction of sp³-hybridized carbons (Fsp3) is 0.375. The van der Waals surface area contributed by atoms with E-state index in [1.165, 1.54) is 22.7 Å². The molecule has 0 radical (unpaired) electrons. The Bertz CT molecular complexity index is 1220. The topological polar surface area (TPSA) is 78.3 Å². The van der Waals surface area contributed by atoms with Crippen LogP contribution in [0.5, 0.6) is 11.6 Å². The van der Waals surface area contributed by atoms with E-state index in [-0.39, 0.29) is 24.6 Å². The molecule has 1 aliphatic rings. The second-order valence-electron chi connectivity index (χ2n) is 8.35. The van der Waals surface area contributed by atoms with Gasteiger partial charge < -0.3 is 9.47 Å². The maximum Gasteiger partial charge on any atom is 0.397 e. The molecule has 1 amide bonds. The fourth-order valence-corrected chi connectivity index (χ4v) is 4.17. The SMILES string of the molecule is CCc1nc(-n2ccc(OCC3(C(F)(F)F)CC3)n2)ccc1C(=O)NSc1ccc(OC)cc1C. The minimum Gasteiger partial charge on any atom is -0.497 e. The Labute approximate surface area is 205 Å². The van der Waals surface area contributed by atoms with Gasteiger partial charge in [0.25, 0.3) is 5.91 Å². The third kappa shape index (κ3) is 5.39. The van der Waals surface area contributed by atoms with Crippen molar-refractivity contribution in [3.05, 3.63) is 59.4 Å². The van der Waals surface area contributed by atoms with Gasteiger partial charge in [-0.2, -0.15) is 13.2 Å². The number of alkyl halides is 3. The zero-order valence-electron chi connectivity index (χ0n) is 19.5. The quantitative estimate of drug-likeness (QED) is 0.397. The van der Waals surface area contributed by atoms with Crippen LogP contribution >= 0.6 is 11.9 Å². The summed E-state index contributed by atoms with van der Waals surface area (Å²) in [6.07, 6.45) is -2.08. The number of halogens is 3. The lowest BCUT2D eigenvalue weighted by molar-refractivity contribution is -0.194. The van der Waals surface area contributed by atoms with Gasteiger partial charge >= 0.3 is 6.18 Å². The van der Waals surface area contributed by atoms with E-state index in [4.69, 9.17) is 9.47 Å². The molecule has 0 aliphatic heterocycles. The van der Waals surface area contributed by atoms with Crippen molar-refractivity contribution in [2.45, 2.75) is 44.2 Å². The van der Waals surface area contributed by atoms with Gasteiger partial charge in [0.1, 0.15) is 17.8 Å². The molecular weight excluding hydrogens is 481 g/mol. The van der Waals surface area contributed by atoms with Gasteiger partial charge in [-0.05, 0) is 74.0 Å². The van der Waals surface area contributed by atoms with Crippen LogP contribution in [0.25, 0.3) is 5.82 Å². The summed E-state index contributed by atoms with van der Waals surface area (Å²) in [6.45, 7) is 3.36. The first-order chi connectivity index (χ1) is 16.7. The Kier molecular flexibility index (Phi) is 6.98. The van der Waals surface area contributed by atoms with Crippen LogP contribution in [0.3, 0.4) is 0 Å². The second-order valence-corrected chi connectivity index (χ2v) is 9.20. The zero-order valence-corrected chi connectivity index (χ0v) is 20.3. The van der Waals surface area contributed by atoms with E-state index in [1.807, 2.05) is 32.0 Å². The van der Waals surface area contributed by atoms with Crippen molar-refractivity contribution in [2.24, 2.45) is 5.41 Å². The highest BCUT2D eigenvalue weighted by Crippen LogP contribution is 2.57. The Morgan fingerprint density at radius 3 is 2.63 bits per heavy atom. The molecule has 2 aromatic heterocycles. The number of pyridine rings is 1. The molecule has 3 aromatic rings. The van der Waals surface area contributed by atoms with Gasteiger partial charge in [-0.25, -0.2) is 9.67 Å². The fourth-order valence-electron chi connectivity index (χ4n) is 3.50. The van der Waals surface area contributed by atoms with Crippen molar-refractivity contribution in [2.75, 3.05) is 13.7 Å². The molecule has 1 fully saturated rings. The van der Waals surface area contributed by atoms with Crippen molar-refractivity contribution in [1.82, 2.24) is 19.5 Å². The number of hydrogen-bond donors (Lipinski definition) is 1. The van der Waals surface area contributed by atoms with Crippen LogP contribution in [0, 0.1) is 12.3 Å². The van der Waals surface area contributed by atoms with E-state index in [0.29, 0.717) is 23.5 Å². The molecule has 1 aromatic carbocycles. The number of aromatic nitrogens is 3. The van der Waals surface area contributed by atoms with Gasteiger partial charge in [-0.15, -0.1) is 5.10 Å². The summed E-state index contributed by atoms with van der Waals surface area (Å²) >= 11 is 1.21. The average Bonchev–Trinajstić information content (AvgIpc) is 3.51. The van der Waals surface area contributed by atoms with Crippen molar-refractivity contribution in [1.29, 1.82) is 0 Å². The molecule has 1 saturated carbocycles. The predicted molar refractivity (Wildman–Crippen MR) is 125 cm³/mol. The number of amides is 1. The molecule has 1 N–H and O–H groups in total. The highest BCUT2D eigenvalue weighted by atomic mass is 32.2. The second kappa shape index (κ2) is 9.80. The Morgan fingerprint density at radius 1 is 1.23 bits per heavy atom. The summed E-state index contributed by atoms with van der Waals surface area (Å²) in [4.78, 5) is 18.2. The number of aryl methyl sites for hydroxylation is 2. The maximum atomic E-state index is 13.1. The van der Waals surface area contributed by atoms with E-state index in [2.05, 4.69) is 14.8 Å². The first-order valence-corrected chi connectivity index (χ1v) is 11.8. The average molecular weight is 507 g/mol. The minimum absolute atomic E-state index is 0.0679. The largest absolute Gasteiger partial charge is 0.497 e. The summed E-state index contributed by atoms with van der Waals surface area (Å²) in [5.41, 5.74) is 0.207. The number of benzene rings is 1. The Balaban J connectivity index is 1.42. The molecule has 7 nitrogen and oxygen atoms in total. The molecule has 2 heterocycles. The Morgan fingerprint density at radius 2 is 2.00 bits per heavy atom. The van der Waals surface area contributed by atoms with Crippen molar-refractivity contribution < 1.29 is 27.4 Å². The summed E-state index contributed by atoms with van der Waals surface area (Å²) in [5, 5.41) is 4.19. The highest BCUT2D eigenvalue weighted by Gasteiger charge is 2.64. The van der Waals surface area contributed by atoms with Gasteiger partial charge in [-0.3, -0.25) is 9.52 Å².